The van der Waals surface area contributed by atoms with Gasteiger partial charge in [-0.05, 0) is 25.0 Å². The van der Waals surface area contributed by atoms with Gasteiger partial charge in [-0.2, -0.15) is 0 Å². The van der Waals surface area contributed by atoms with Crippen LogP contribution >= 0.6 is 11.6 Å². The number of hydrogen-bond acceptors (Lipinski definition) is 4. The maximum absolute atomic E-state index is 12.3. The number of methoxy groups -OCH3 is 1. The van der Waals surface area contributed by atoms with E-state index in [1.807, 2.05) is 18.2 Å². The molecule has 1 N–H and O–H groups in total. The lowest BCUT2D eigenvalue weighted by atomic mass is 9.87. The number of carbonyl (C=O) groups is 2. The number of benzene rings is 1. The SMILES string of the molecule is COc1cccc(Cl)c1CN1CCC2(CC1)NC(=O)N(C)C2=O. The third-order valence-electron chi connectivity index (χ3n) is 4.75. The average molecular weight is 338 g/mol. The van der Waals surface area contributed by atoms with Crippen LogP contribution in [-0.2, 0) is 11.3 Å². The Bertz CT molecular complexity index is 641. The molecule has 2 fully saturated rings. The van der Waals surface area contributed by atoms with Crippen molar-refractivity contribution in [1.82, 2.24) is 15.1 Å². The minimum atomic E-state index is -0.729. The van der Waals surface area contributed by atoms with Gasteiger partial charge in [0.05, 0.1) is 7.11 Å². The number of likely N-dealkylation sites (N-methyl/N-ethyl adjacent to an activating group) is 1. The predicted molar refractivity (Wildman–Crippen MR) is 86.5 cm³/mol. The smallest absolute Gasteiger partial charge is 0.324 e. The lowest BCUT2D eigenvalue weighted by Crippen LogP contribution is -2.54. The second-order valence-corrected chi connectivity index (χ2v) is 6.48. The highest BCUT2D eigenvalue weighted by atomic mass is 35.5. The number of urea groups is 1. The van der Waals surface area contributed by atoms with Gasteiger partial charge in [0.1, 0.15) is 11.3 Å². The van der Waals surface area contributed by atoms with E-state index < -0.39 is 5.54 Å². The summed E-state index contributed by atoms with van der Waals surface area (Å²) in [6.45, 7) is 2.10. The molecule has 0 bridgehead atoms. The van der Waals surface area contributed by atoms with Gasteiger partial charge in [-0.15, -0.1) is 0 Å². The molecule has 0 aromatic heterocycles. The van der Waals surface area contributed by atoms with E-state index >= 15 is 0 Å². The molecular formula is C16H20ClN3O3. The molecule has 2 saturated heterocycles. The number of amides is 3. The maximum atomic E-state index is 12.3. The van der Waals surface area contributed by atoms with Gasteiger partial charge < -0.3 is 10.1 Å². The van der Waals surface area contributed by atoms with Gasteiger partial charge in [0.25, 0.3) is 5.91 Å². The molecule has 1 aromatic rings. The van der Waals surface area contributed by atoms with Crippen LogP contribution in [0.4, 0.5) is 4.79 Å². The van der Waals surface area contributed by atoms with Crippen LogP contribution < -0.4 is 10.1 Å². The molecule has 23 heavy (non-hydrogen) atoms. The van der Waals surface area contributed by atoms with E-state index in [1.54, 1.807) is 7.11 Å². The molecule has 3 amide bonds. The molecule has 6 nitrogen and oxygen atoms in total. The number of carbonyl (C=O) groups excluding carboxylic acids is 2. The van der Waals surface area contributed by atoms with Crippen LogP contribution in [0.15, 0.2) is 18.2 Å². The monoisotopic (exact) mass is 337 g/mol. The Kier molecular flexibility index (Phi) is 4.21. The van der Waals surface area contributed by atoms with E-state index in [0.717, 1.165) is 11.3 Å². The number of rotatable bonds is 3. The zero-order chi connectivity index (χ0) is 16.6. The molecule has 7 heteroatoms. The summed E-state index contributed by atoms with van der Waals surface area (Å²) in [6, 6.07) is 5.29. The molecule has 0 radical (unpaired) electrons. The molecule has 0 aliphatic carbocycles. The van der Waals surface area contributed by atoms with Gasteiger partial charge in [-0.1, -0.05) is 17.7 Å². The highest BCUT2D eigenvalue weighted by Gasteiger charge is 2.50. The lowest BCUT2D eigenvalue weighted by Gasteiger charge is -2.37. The largest absolute Gasteiger partial charge is 0.496 e. The normalized spacial score (nSPS) is 20.9. The molecular weight excluding hydrogens is 318 g/mol. The van der Waals surface area contributed by atoms with E-state index in [9.17, 15) is 9.59 Å². The van der Waals surface area contributed by atoms with Crippen LogP contribution in [0.5, 0.6) is 5.75 Å². The van der Waals surface area contributed by atoms with Crippen molar-refractivity contribution >= 4 is 23.5 Å². The summed E-state index contributed by atoms with van der Waals surface area (Å²) in [7, 11) is 3.15. The van der Waals surface area contributed by atoms with Crippen molar-refractivity contribution in [2.75, 3.05) is 27.2 Å². The van der Waals surface area contributed by atoms with Crippen molar-refractivity contribution in [3.05, 3.63) is 28.8 Å². The number of imide groups is 1. The number of piperidine rings is 1. The molecule has 0 saturated carbocycles. The molecule has 1 aromatic carbocycles. The summed E-state index contributed by atoms with van der Waals surface area (Å²) in [4.78, 5) is 27.4. The van der Waals surface area contributed by atoms with E-state index in [2.05, 4.69) is 10.2 Å². The van der Waals surface area contributed by atoms with Crippen LogP contribution in [0.1, 0.15) is 18.4 Å². The number of hydrogen-bond donors (Lipinski definition) is 1. The number of halogens is 1. The highest BCUT2D eigenvalue weighted by Crippen LogP contribution is 2.32. The summed E-state index contributed by atoms with van der Waals surface area (Å²) >= 11 is 6.28. The summed E-state index contributed by atoms with van der Waals surface area (Å²) in [5, 5.41) is 3.52. The Balaban J connectivity index is 1.69. The number of nitrogens with zero attached hydrogens (tertiary/aromatic N) is 2. The molecule has 1 spiro atoms. The maximum Gasteiger partial charge on any atom is 0.324 e. The van der Waals surface area contributed by atoms with Crippen molar-refractivity contribution in [1.29, 1.82) is 0 Å². The van der Waals surface area contributed by atoms with Gasteiger partial charge in [-0.3, -0.25) is 14.6 Å². The Hall–Kier alpha value is -1.79. The fourth-order valence-corrected chi connectivity index (χ4v) is 3.52. The summed E-state index contributed by atoms with van der Waals surface area (Å²) in [5.74, 6) is 0.639. The number of likely N-dealkylation sites (tertiary alicyclic amines) is 1. The van der Waals surface area contributed by atoms with Gasteiger partial charge in [0.15, 0.2) is 0 Å². The zero-order valence-electron chi connectivity index (χ0n) is 13.3. The van der Waals surface area contributed by atoms with E-state index in [0.29, 0.717) is 37.5 Å². The fourth-order valence-electron chi connectivity index (χ4n) is 3.29. The Morgan fingerprint density at radius 1 is 1.30 bits per heavy atom. The first kappa shape index (κ1) is 16.1. The first-order valence-corrected chi connectivity index (χ1v) is 7.99. The van der Waals surface area contributed by atoms with Crippen molar-refractivity contribution in [2.45, 2.75) is 24.9 Å². The Labute approximate surface area is 140 Å². The standard InChI is InChI=1S/C16H20ClN3O3/c1-19-14(21)16(18-15(19)22)6-8-20(9-7-16)10-11-12(17)4-3-5-13(11)23-2/h3-5H,6-10H2,1-2H3,(H,18,22). The molecule has 0 atom stereocenters. The molecule has 0 unspecified atom stereocenters. The number of nitrogens with one attached hydrogen (secondary N) is 1. The zero-order valence-corrected chi connectivity index (χ0v) is 14.0. The summed E-state index contributed by atoms with van der Waals surface area (Å²) in [5.41, 5.74) is 0.221. The Morgan fingerprint density at radius 2 is 2.00 bits per heavy atom. The van der Waals surface area contributed by atoms with Crippen LogP contribution in [-0.4, -0.2) is 54.5 Å². The second kappa shape index (κ2) is 6.02. The van der Waals surface area contributed by atoms with Gasteiger partial charge in [0, 0.05) is 37.3 Å². The third-order valence-corrected chi connectivity index (χ3v) is 5.11. The average Bonchev–Trinajstić information content (AvgIpc) is 2.76. The van der Waals surface area contributed by atoms with Crippen molar-refractivity contribution < 1.29 is 14.3 Å². The van der Waals surface area contributed by atoms with Crippen LogP contribution in [0.3, 0.4) is 0 Å². The lowest BCUT2D eigenvalue weighted by molar-refractivity contribution is -0.132. The molecule has 2 aliphatic rings. The van der Waals surface area contributed by atoms with E-state index in [1.165, 1.54) is 11.9 Å². The summed E-state index contributed by atoms with van der Waals surface area (Å²) < 4.78 is 5.38. The molecule has 124 valence electrons. The minimum Gasteiger partial charge on any atom is -0.496 e. The van der Waals surface area contributed by atoms with Gasteiger partial charge in [-0.25, -0.2) is 4.79 Å². The van der Waals surface area contributed by atoms with Crippen molar-refractivity contribution in [3.63, 3.8) is 0 Å². The third kappa shape index (κ3) is 2.77. The van der Waals surface area contributed by atoms with Crippen LogP contribution in [0.2, 0.25) is 5.02 Å². The van der Waals surface area contributed by atoms with E-state index in [4.69, 9.17) is 16.3 Å². The topological polar surface area (TPSA) is 61.9 Å². The predicted octanol–water partition coefficient (Wildman–Crippen LogP) is 1.86. The summed E-state index contributed by atoms with van der Waals surface area (Å²) in [6.07, 6.45) is 1.21. The molecule has 2 heterocycles. The minimum absolute atomic E-state index is 0.127. The van der Waals surface area contributed by atoms with Gasteiger partial charge in [0.2, 0.25) is 0 Å². The first-order chi connectivity index (χ1) is 11.0. The first-order valence-electron chi connectivity index (χ1n) is 7.61. The Morgan fingerprint density at radius 3 is 2.57 bits per heavy atom. The van der Waals surface area contributed by atoms with Crippen molar-refractivity contribution in [2.24, 2.45) is 0 Å². The molecule has 2 aliphatic heterocycles. The van der Waals surface area contributed by atoms with Gasteiger partial charge >= 0.3 is 6.03 Å². The van der Waals surface area contributed by atoms with Crippen LogP contribution in [0.25, 0.3) is 0 Å². The fraction of sp³-hybridized carbons (Fsp3) is 0.500. The second-order valence-electron chi connectivity index (χ2n) is 6.07. The van der Waals surface area contributed by atoms with Crippen molar-refractivity contribution in [3.8, 4) is 5.75 Å². The highest BCUT2D eigenvalue weighted by molar-refractivity contribution is 6.31. The quantitative estimate of drug-likeness (QED) is 0.855. The molecule has 3 rings (SSSR count). The van der Waals surface area contributed by atoms with Crippen LogP contribution in [0, 0.1) is 0 Å². The van der Waals surface area contributed by atoms with E-state index in [-0.39, 0.29) is 11.9 Å². The number of ether oxygens (including phenoxy) is 1.